The Kier molecular flexibility index (Phi) is 32.8. The fourth-order valence-electron chi connectivity index (χ4n) is 8.61. The van der Waals surface area contributed by atoms with E-state index < -0.39 is 42.8 Å². The number of likely N-dealkylation sites (N-methyl/N-ethyl adjacent to an activating group) is 2. The summed E-state index contributed by atoms with van der Waals surface area (Å²) < 4.78 is 82.9. The molecule has 20 nitrogen and oxygen atoms in total. The molecule has 1 aromatic heterocycles. The zero-order valence-electron chi connectivity index (χ0n) is 50.2. The molecule has 88 heavy (non-hydrogen) atoms. The van der Waals surface area contributed by atoms with Crippen molar-refractivity contribution in [2.45, 2.75) is 63.7 Å². The van der Waals surface area contributed by atoms with Crippen LogP contribution in [0.25, 0.3) is 0 Å². The number of hydrogen-bond donors (Lipinski definition) is 4. The van der Waals surface area contributed by atoms with Crippen LogP contribution in [0.15, 0.2) is 113 Å². The second kappa shape index (κ2) is 40.3. The van der Waals surface area contributed by atoms with Crippen molar-refractivity contribution in [3.63, 3.8) is 0 Å². The molecule has 0 aliphatic carbocycles. The van der Waals surface area contributed by atoms with Crippen LogP contribution < -0.4 is 31.3 Å². The summed E-state index contributed by atoms with van der Waals surface area (Å²) in [5.41, 5.74) is 3.78. The third kappa shape index (κ3) is 28.7. The minimum absolute atomic E-state index is 0.0312. The maximum absolute atomic E-state index is 13.9. The highest BCUT2D eigenvalue weighted by Crippen LogP contribution is 2.28. The fraction of sp³-hybridized carbons (Fsp3) is 0.468. The minimum atomic E-state index is -4.60. The smallest absolute Gasteiger partial charge is 0.390 e. The predicted molar refractivity (Wildman–Crippen MR) is 335 cm³/mol. The lowest BCUT2D eigenvalue weighted by Gasteiger charge is -2.32. The number of aliphatic imine (C=N–C) groups is 1. The molecule has 1 fully saturated rings. The Hall–Kier alpha value is -7.26. The van der Waals surface area contributed by atoms with Crippen molar-refractivity contribution in [2.75, 3.05) is 137 Å². The molecule has 26 heteroatoms. The van der Waals surface area contributed by atoms with Gasteiger partial charge in [-0.3, -0.25) is 24.2 Å². The highest BCUT2D eigenvalue weighted by atomic mass is 35.5. The molecule has 1 unspecified atom stereocenters. The van der Waals surface area contributed by atoms with Crippen LogP contribution in [0.3, 0.4) is 0 Å². The van der Waals surface area contributed by atoms with E-state index in [0.717, 1.165) is 85.5 Å². The number of ether oxygens (including phenoxy) is 5. The number of piperazine rings is 1. The number of halogens is 5. The SMILES string of the molecule is CN(CCCCOc1ccc(CCC(=O)N(CCC(F)(F)F)C(C(=O)NCc2ccc(Cl)cc2)c2ccc(F)cc2)cc1)CCOCCOCC/C(C=NCCOCCOc1ccc(NC=O)cc1)=N/N.CNc1nc(CC(=O)N2CCN(C)CC2)cs1. The first-order chi connectivity index (χ1) is 42.5. The van der Waals surface area contributed by atoms with E-state index in [1.807, 2.05) is 24.4 Å². The third-order valence-corrected chi connectivity index (χ3v) is 14.8. The van der Waals surface area contributed by atoms with Gasteiger partial charge in [0.15, 0.2) is 5.13 Å². The zero-order chi connectivity index (χ0) is 63.4. The van der Waals surface area contributed by atoms with Crippen LogP contribution in [0.2, 0.25) is 5.02 Å². The molecule has 5 N–H and O–H groups in total. The number of hydrogen-bond acceptors (Lipinski definition) is 17. The largest absolute Gasteiger partial charge is 0.494 e. The van der Waals surface area contributed by atoms with Gasteiger partial charge < -0.3 is 65.1 Å². The lowest BCUT2D eigenvalue weighted by Crippen LogP contribution is -2.47. The molecule has 0 radical (unpaired) electrons. The normalized spacial score (nSPS) is 13.2. The number of nitrogens with zero attached hydrogens (tertiary/aromatic N) is 7. The molecule has 1 atom stereocenters. The topological polar surface area (TPSA) is 227 Å². The number of thiazole rings is 1. The van der Waals surface area contributed by atoms with Gasteiger partial charge in [-0.25, -0.2) is 9.37 Å². The van der Waals surface area contributed by atoms with Crippen molar-refractivity contribution in [1.29, 1.82) is 0 Å². The number of aryl methyl sites for hydroxylation is 1. The molecule has 4 amide bonds. The Morgan fingerprint density at radius 2 is 1.44 bits per heavy atom. The maximum Gasteiger partial charge on any atom is 0.390 e. The number of alkyl halides is 3. The average Bonchev–Trinajstić information content (AvgIpc) is 2.95. The molecular formula is C62H82ClF4N11O9S. The monoisotopic (exact) mass is 1270 g/mol. The van der Waals surface area contributed by atoms with Crippen LogP contribution >= 0.6 is 22.9 Å². The van der Waals surface area contributed by atoms with Crippen LogP contribution in [0.5, 0.6) is 11.5 Å². The van der Waals surface area contributed by atoms with Gasteiger partial charge in [-0.15, -0.1) is 11.3 Å². The molecule has 0 saturated carbocycles. The van der Waals surface area contributed by atoms with Crippen molar-refractivity contribution in [1.82, 2.24) is 29.9 Å². The Morgan fingerprint density at radius 3 is 2.10 bits per heavy atom. The highest BCUT2D eigenvalue weighted by Gasteiger charge is 2.35. The summed E-state index contributed by atoms with van der Waals surface area (Å²) >= 11 is 7.50. The summed E-state index contributed by atoms with van der Waals surface area (Å²) in [5.74, 6) is 5.04. The summed E-state index contributed by atoms with van der Waals surface area (Å²) in [7, 11) is 5.95. The van der Waals surface area contributed by atoms with Crippen molar-refractivity contribution in [3.8, 4) is 11.5 Å². The van der Waals surface area contributed by atoms with Gasteiger partial charge in [0.05, 0.1) is 77.0 Å². The number of rotatable bonds is 38. The quantitative estimate of drug-likeness (QED) is 0.00728. The number of carbonyl (C=O) groups excluding carboxylic acids is 4. The van der Waals surface area contributed by atoms with Crippen molar-refractivity contribution < 1.29 is 60.4 Å². The summed E-state index contributed by atoms with van der Waals surface area (Å²) in [6.45, 7) is 8.45. The summed E-state index contributed by atoms with van der Waals surface area (Å²) in [5, 5.41) is 15.3. The summed E-state index contributed by atoms with van der Waals surface area (Å²) in [6, 6.07) is 24.2. The van der Waals surface area contributed by atoms with Crippen LogP contribution in [-0.4, -0.2) is 193 Å². The molecule has 1 aliphatic heterocycles. The number of unbranched alkanes of at least 4 members (excludes halogenated alkanes) is 1. The molecule has 0 spiro atoms. The first kappa shape index (κ1) is 71.5. The van der Waals surface area contributed by atoms with E-state index in [0.29, 0.717) is 112 Å². The fourth-order valence-corrected chi connectivity index (χ4v) is 9.41. The Bertz CT molecular complexity index is 2870. The van der Waals surface area contributed by atoms with E-state index in [1.54, 1.807) is 79.0 Å². The number of aromatic nitrogens is 1. The Labute approximate surface area is 521 Å². The number of nitrogens with one attached hydrogen (secondary N) is 3. The molecule has 5 aromatic rings. The Morgan fingerprint density at radius 1 is 0.795 bits per heavy atom. The van der Waals surface area contributed by atoms with E-state index in [9.17, 15) is 36.7 Å². The minimum Gasteiger partial charge on any atom is -0.494 e. The van der Waals surface area contributed by atoms with Crippen molar-refractivity contribution >= 4 is 69.8 Å². The second-order valence-electron chi connectivity index (χ2n) is 20.4. The molecule has 0 bridgehead atoms. The lowest BCUT2D eigenvalue weighted by atomic mass is 10.0. The third-order valence-electron chi connectivity index (χ3n) is 13.6. The van der Waals surface area contributed by atoms with Gasteiger partial charge >= 0.3 is 6.18 Å². The number of anilines is 2. The molecular weight excluding hydrogens is 1190 g/mol. The highest BCUT2D eigenvalue weighted by molar-refractivity contribution is 7.13. The standard InChI is InChI=1S/C51H64ClF4N7O8.C11H18N4OS/c1-62(27-31-69-33-32-67-29-22-45(61-57)37-58-24-30-68-34-35-71-47-19-15-44(16-20-47)60-38-64)25-2-3-28-70-46-17-6-39(7-18-46)8-21-48(65)63(26-23-51(54,55)56)49(41-9-13-43(53)14-10-41)50(66)59-36-40-4-11-42(52)12-5-40;1-12-11-13-9(8-17-11)7-10(16)15-5-3-14(2)4-6-15/h4-7,9-20,37-38,49H,2-3,8,21-36,57H2,1H3,(H,59,66)(H,60,64);8H,3-7H2,1-2H3,(H,12,13)/b58-37?,61-45-;. The number of amides is 4. The summed E-state index contributed by atoms with van der Waals surface area (Å²) in [4.78, 5) is 65.8. The van der Waals surface area contributed by atoms with Gasteiger partial charge in [0.25, 0.3) is 0 Å². The maximum atomic E-state index is 13.9. The van der Waals surface area contributed by atoms with Crippen molar-refractivity contribution in [2.24, 2.45) is 15.9 Å². The van der Waals surface area contributed by atoms with Crippen LogP contribution in [0.1, 0.15) is 60.5 Å². The van der Waals surface area contributed by atoms with Crippen LogP contribution in [-0.2, 0) is 52.8 Å². The first-order valence-electron chi connectivity index (χ1n) is 29.1. The van der Waals surface area contributed by atoms with Gasteiger partial charge in [0.2, 0.25) is 24.1 Å². The second-order valence-corrected chi connectivity index (χ2v) is 21.7. The number of benzene rings is 4. The first-order valence-corrected chi connectivity index (χ1v) is 30.3. The molecule has 6 rings (SSSR count). The lowest BCUT2D eigenvalue weighted by molar-refractivity contribution is -0.152. The van der Waals surface area contributed by atoms with E-state index in [4.69, 9.17) is 41.1 Å². The van der Waals surface area contributed by atoms with Gasteiger partial charge in [0.1, 0.15) is 30.0 Å². The molecule has 1 aliphatic rings. The molecule has 2 heterocycles. The van der Waals surface area contributed by atoms with Crippen LogP contribution in [0, 0.1) is 5.82 Å². The van der Waals surface area contributed by atoms with E-state index in [1.165, 1.54) is 23.5 Å². The van der Waals surface area contributed by atoms with E-state index in [-0.39, 0.29) is 30.9 Å². The number of nitrogens with two attached hydrogens (primary N) is 1. The molecule has 480 valence electrons. The predicted octanol–water partition coefficient (Wildman–Crippen LogP) is 8.32. The van der Waals surface area contributed by atoms with Crippen molar-refractivity contribution in [3.05, 3.63) is 136 Å². The number of carbonyl (C=O) groups is 4. The Balaban J connectivity index is 0.000000706. The van der Waals surface area contributed by atoms with Gasteiger partial charge in [-0.1, -0.05) is 48.0 Å². The zero-order valence-corrected chi connectivity index (χ0v) is 51.8. The van der Waals surface area contributed by atoms with Gasteiger partial charge in [-0.05, 0) is 117 Å². The summed E-state index contributed by atoms with van der Waals surface area (Å²) in [6.07, 6.45) is -1.03. The van der Waals surface area contributed by atoms with E-state index in [2.05, 4.69) is 47.9 Å². The molecule has 1 saturated heterocycles. The number of hydrazone groups is 1. The molecule has 4 aromatic carbocycles. The van der Waals surface area contributed by atoms with Gasteiger partial charge in [0, 0.05) is 88.0 Å². The van der Waals surface area contributed by atoms with Crippen LogP contribution in [0.4, 0.5) is 28.4 Å². The average molecular weight is 1270 g/mol. The van der Waals surface area contributed by atoms with E-state index >= 15 is 0 Å². The van der Waals surface area contributed by atoms with Gasteiger partial charge in [-0.2, -0.15) is 18.3 Å².